The fourth-order valence-electron chi connectivity index (χ4n) is 5.92. The lowest BCUT2D eigenvalue weighted by Crippen LogP contribution is -2.18. The normalized spacial score (nSPS) is 13.4. The second kappa shape index (κ2) is 8.25. The number of rotatable bonds is 3. The first kappa shape index (κ1) is 21.7. The molecule has 0 radical (unpaired) electrons. The lowest BCUT2D eigenvalue weighted by molar-refractivity contribution is 0.663. The molecule has 0 fully saturated rings. The highest BCUT2D eigenvalue weighted by molar-refractivity contribution is 5.98. The van der Waals surface area contributed by atoms with E-state index in [0.717, 1.165) is 33.9 Å². The molecule has 0 saturated carbocycles. The second-order valence-electron chi connectivity index (χ2n) is 10.3. The molecule has 1 aliphatic rings. The molecule has 2 nitrogen and oxygen atoms in total. The molecule has 5 aromatic carbocycles. The third-order valence-electron chi connectivity index (χ3n) is 7.62. The van der Waals surface area contributed by atoms with Crippen molar-refractivity contribution in [2.24, 2.45) is 0 Å². The summed E-state index contributed by atoms with van der Waals surface area (Å²) in [5.41, 5.74) is 10.0. The SMILES string of the molecule is CC1(C)c2c(-c3ccccc3)nc(-c3cccc(-c4ccccc4)c3)nc2-c2ccc3ccccc3c21. The predicted molar refractivity (Wildman–Crippen MR) is 153 cm³/mol. The van der Waals surface area contributed by atoms with Crippen molar-refractivity contribution in [1.82, 2.24) is 9.97 Å². The van der Waals surface area contributed by atoms with Crippen LogP contribution in [0, 0.1) is 0 Å². The van der Waals surface area contributed by atoms with Gasteiger partial charge in [0.1, 0.15) is 0 Å². The summed E-state index contributed by atoms with van der Waals surface area (Å²) in [6.45, 7) is 4.63. The van der Waals surface area contributed by atoms with E-state index in [-0.39, 0.29) is 5.41 Å². The van der Waals surface area contributed by atoms with Crippen LogP contribution in [0.3, 0.4) is 0 Å². The van der Waals surface area contributed by atoms with E-state index >= 15 is 0 Å². The van der Waals surface area contributed by atoms with Gasteiger partial charge >= 0.3 is 0 Å². The molecule has 1 heterocycles. The van der Waals surface area contributed by atoms with Crippen LogP contribution in [-0.2, 0) is 5.41 Å². The molecule has 1 aliphatic carbocycles. The number of nitrogens with zero attached hydrogens (tertiary/aromatic N) is 2. The maximum Gasteiger partial charge on any atom is 0.160 e. The van der Waals surface area contributed by atoms with E-state index in [1.807, 2.05) is 6.07 Å². The highest BCUT2D eigenvalue weighted by Gasteiger charge is 2.41. The minimum Gasteiger partial charge on any atom is -0.228 e. The first-order valence-corrected chi connectivity index (χ1v) is 12.8. The topological polar surface area (TPSA) is 25.8 Å². The maximum atomic E-state index is 5.28. The van der Waals surface area contributed by atoms with Crippen molar-refractivity contribution < 1.29 is 0 Å². The Morgan fingerprint density at radius 2 is 1.11 bits per heavy atom. The summed E-state index contributed by atoms with van der Waals surface area (Å²) in [7, 11) is 0. The second-order valence-corrected chi connectivity index (χ2v) is 10.3. The van der Waals surface area contributed by atoms with Crippen LogP contribution in [0.2, 0.25) is 0 Å². The highest BCUT2D eigenvalue weighted by atomic mass is 14.9. The van der Waals surface area contributed by atoms with E-state index < -0.39 is 0 Å². The molecule has 176 valence electrons. The van der Waals surface area contributed by atoms with Crippen LogP contribution in [0.5, 0.6) is 0 Å². The summed E-state index contributed by atoms with van der Waals surface area (Å²) < 4.78 is 0. The summed E-state index contributed by atoms with van der Waals surface area (Å²) in [6.07, 6.45) is 0. The molecule has 6 aromatic rings. The molecule has 37 heavy (non-hydrogen) atoms. The van der Waals surface area contributed by atoms with E-state index in [1.54, 1.807) is 0 Å². The molecule has 1 aromatic heterocycles. The Labute approximate surface area is 217 Å². The molecule has 7 rings (SSSR count). The van der Waals surface area contributed by atoms with Gasteiger partial charge in [-0.3, -0.25) is 0 Å². The summed E-state index contributed by atoms with van der Waals surface area (Å²) in [4.78, 5) is 10.5. The molecular formula is C35H26N2. The molecule has 0 aliphatic heterocycles. The highest BCUT2D eigenvalue weighted by Crippen LogP contribution is 2.53. The Morgan fingerprint density at radius 3 is 1.89 bits per heavy atom. The zero-order valence-electron chi connectivity index (χ0n) is 20.9. The van der Waals surface area contributed by atoms with Gasteiger partial charge in [-0.2, -0.15) is 0 Å². The zero-order chi connectivity index (χ0) is 25.0. The molecule has 0 unspecified atom stereocenters. The van der Waals surface area contributed by atoms with Crippen molar-refractivity contribution in [3.05, 3.63) is 132 Å². The minimum atomic E-state index is -0.235. The van der Waals surface area contributed by atoms with Crippen molar-refractivity contribution >= 4 is 10.8 Å². The van der Waals surface area contributed by atoms with Gasteiger partial charge in [-0.15, -0.1) is 0 Å². The fourth-order valence-corrected chi connectivity index (χ4v) is 5.92. The average molecular weight is 475 g/mol. The molecule has 0 atom stereocenters. The van der Waals surface area contributed by atoms with Crippen LogP contribution in [0.25, 0.3) is 55.8 Å². The van der Waals surface area contributed by atoms with Gasteiger partial charge in [-0.25, -0.2) is 9.97 Å². The molecular weight excluding hydrogens is 448 g/mol. The van der Waals surface area contributed by atoms with E-state index in [1.165, 1.54) is 33.0 Å². The number of benzene rings is 5. The third-order valence-corrected chi connectivity index (χ3v) is 7.62. The summed E-state index contributed by atoms with van der Waals surface area (Å²) in [5, 5.41) is 2.54. The van der Waals surface area contributed by atoms with E-state index in [2.05, 4.69) is 129 Å². The van der Waals surface area contributed by atoms with Gasteiger partial charge in [-0.05, 0) is 33.5 Å². The first-order valence-electron chi connectivity index (χ1n) is 12.8. The Morgan fingerprint density at radius 1 is 0.486 bits per heavy atom. The van der Waals surface area contributed by atoms with Gasteiger partial charge in [0.25, 0.3) is 0 Å². The Hall–Kier alpha value is -4.56. The Bertz CT molecular complexity index is 1780. The number of fused-ring (bicyclic) bond motifs is 5. The summed E-state index contributed by atoms with van der Waals surface area (Å²) in [5.74, 6) is 0.757. The zero-order valence-corrected chi connectivity index (χ0v) is 20.9. The Balaban J connectivity index is 1.52. The number of hydrogen-bond acceptors (Lipinski definition) is 2. The van der Waals surface area contributed by atoms with Gasteiger partial charge in [0.05, 0.1) is 11.4 Å². The molecule has 0 bridgehead atoms. The summed E-state index contributed by atoms with van der Waals surface area (Å²) >= 11 is 0. The number of aromatic nitrogens is 2. The molecule has 0 amide bonds. The fraction of sp³-hybridized carbons (Fsp3) is 0.0857. The van der Waals surface area contributed by atoms with Crippen molar-refractivity contribution in [2.75, 3.05) is 0 Å². The predicted octanol–water partition coefficient (Wildman–Crippen LogP) is 8.94. The van der Waals surface area contributed by atoms with Gasteiger partial charge in [0.2, 0.25) is 0 Å². The maximum absolute atomic E-state index is 5.28. The molecule has 0 spiro atoms. The van der Waals surface area contributed by atoms with E-state index in [4.69, 9.17) is 9.97 Å². The van der Waals surface area contributed by atoms with Gasteiger partial charge in [-0.1, -0.05) is 129 Å². The number of hydrogen-bond donors (Lipinski definition) is 0. The average Bonchev–Trinajstić information content (AvgIpc) is 3.20. The van der Waals surface area contributed by atoms with Crippen LogP contribution in [0.15, 0.2) is 121 Å². The first-order chi connectivity index (χ1) is 18.1. The van der Waals surface area contributed by atoms with Crippen LogP contribution < -0.4 is 0 Å². The van der Waals surface area contributed by atoms with Crippen molar-refractivity contribution in [2.45, 2.75) is 19.3 Å². The minimum absolute atomic E-state index is 0.235. The Kier molecular flexibility index (Phi) is 4.84. The summed E-state index contributed by atoms with van der Waals surface area (Å²) in [6, 6.07) is 42.7. The van der Waals surface area contributed by atoms with Crippen molar-refractivity contribution in [1.29, 1.82) is 0 Å². The smallest absolute Gasteiger partial charge is 0.160 e. The standard InChI is InChI=1S/C35H26N2/c1-35(2)30-28-19-10-9-14-24(28)20-21-29(30)33-31(35)32(25-15-7-4-8-16-25)36-34(37-33)27-18-11-17-26(22-27)23-12-5-3-6-13-23/h3-22H,1-2H3. The third kappa shape index (κ3) is 3.41. The van der Waals surface area contributed by atoms with E-state index in [0.29, 0.717) is 0 Å². The molecule has 0 N–H and O–H groups in total. The van der Waals surface area contributed by atoms with Crippen LogP contribution in [-0.4, -0.2) is 9.97 Å². The van der Waals surface area contributed by atoms with Crippen LogP contribution in [0.4, 0.5) is 0 Å². The van der Waals surface area contributed by atoms with E-state index in [9.17, 15) is 0 Å². The van der Waals surface area contributed by atoms with Crippen molar-refractivity contribution in [3.8, 4) is 45.0 Å². The van der Waals surface area contributed by atoms with Crippen molar-refractivity contribution in [3.63, 3.8) is 0 Å². The molecule has 0 saturated heterocycles. The van der Waals surface area contributed by atoms with Crippen LogP contribution in [0.1, 0.15) is 25.0 Å². The molecule has 2 heteroatoms. The lowest BCUT2D eigenvalue weighted by atomic mass is 9.79. The largest absolute Gasteiger partial charge is 0.228 e. The van der Waals surface area contributed by atoms with Gasteiger partial charge in [0, 0.05) is 27.7 Å². The quantitative estimate of drug-likeness (QED) is 0.256. The van der Waals surface area contributed by atoms with Gasteiger partial charge in [0.15, 0.2) is 5.82 Å². The van der Waals surface area contributed by atoms with Gasteiger partial charge < -0.3 is 0 Å². The van der Waals surface area contributed by atoms with Crippen LogP contribution >= 0.6 is 0 Å². The lowest BCUT2D eigenvalue weighted by Gasteiger charge is -2.25. The monoisotopic (exact) mass is 474 g/mol.